The molecule has 1 aliphatic rings. The summed E-state index contributed by atoms with van der Waals surface area (Å²) in [6.07, 6.45) is 0.737. The fourth-order valence-electron chi connectivity index (χ4n) is 3.97. The van der Waals surface area contributed by atoms with Gasteiger partial charge in [0.15, 0.2) is 0 Å². The predicted molar refractivity (Wildman–Crippen MR) is 126 cm³/mol. The molecule has 1 aromatic heterocycles. The van der Waals surface area contributed by atoms with Gasteiger partial charge in [-0.05, 0) is 37.1 Å². The summed E-state index contributed by atoms with van der Waals surface area (Å²) in [4.78, 5) is 29.1. The number of hydrogen-bond acceptors (Lipinski definition) is 6. The first-order chi connectivity index (χ1) is 16.0. The van der Waals surface area contributed by atoms with Crippen molar-refractivity contribution in [2.24, 2.45) is 0 Å². The molecule has 2 aromatic carbocycles. The van der Waals surface area contributed by atoms with Crippen molar-refractivity contribution in [1.29, 1.82) is 0 Å². The van der Waals surface area contributed by atoms with Gasteiger partial charge < -0.3 is 14.6 Å². The first-order valence-electron chi connectivity index (χ1n) is 11.2. The van der Waals surface area contributed by atoms with Gasteiger partial charge in [0.2, 0.25) is 23.6 Å². The molecule has 3 aromatic rings. The SMILES string of the molecule is Cc1cccc(C)c1NC(=O)CN1CCN(C(=O)CCc2nnc(-c3ccccc3)o2)CC1. The highest BCUT2D eigenvalue weighted by Gasteiger charge is 2.23. The molecule has 1 aliphatic heterocycles. The number of hydrogen-bond donors (Lipinski definition) is 1. The molecule has 4 rings (SSSR count). The van der Waals surface area contributed by atoms with E-state index < -0.39 is 0 Å². The highest BCUT2D eigenvalue weighted by Crippen LogP contribution is 2.20. The molecule has 172 valence electrons. The molecular formula is C25H29N5O3. The van der Waals surface area contributed by atoms with E-state index in [-0.39, 0.29) is 11.8 Å². The van der Waals surface area contributed by atoms with Crippen LogP contribution in [0.3, 0.4) is 0 Å². The van der Waals surface area contributed by atoms with Crippen LogP contribution < -0.4 is 5.32 Å². The Balaban J connectivity index is 1.21. The van der Waals surface area contributed by atoms with Crippen LogP contribution in [0.1, 0.15) is 23.4 Å². The van der Waals surface area contributed by atoms with Gasteiger partial charge in [-0.2, -0.15) is 0 Å². The van der Waals surface area contributed by atoms with Gasteiger partial charge >= 0.3 is 0 Å². The van der Waals surface area contributed by atoms with Crippen LogP contribution in [0.25, 0.3) is 11.5 Å². The normalized spacial score (nSPS) is 14.3. The Hall–Kier alpha value is -3.52. The summed E-state index contributed by atoms with van der Waals surface area (Å²) in [6, 6.07) is 15.5. The molecule has 2 amide bonds. The monoisotopic (exact) mass is 447 g/mol. The maximum Gasteiger partial charge on any atom is 0.247 e. The number of carbonyl (C=O) groups excluding carboxylic acids is 2. The third-order valence-electron chi connectivity index (χ3n) is 5.88. The van der Waals surface area contributed by atoms with Crippen molar-refractivity contribution in [3.05, 3.63) is 65.5 Å². The number of benzene rings is 2. The van der Waals surface area contributed by atoms with Crippen LogP contribution in [0, 0.1) is 13.8 Å². The second-order valence-electron chi connectivity index (χ2n) is 8.34. The summed E-state index contributed by atoms with van der Waals surface area (Å²) in [5.74, 6) is 0.960. The third-order valence-corrected chi connectivity index (χ3v) is 5.88. The average molecular weight is 448 g/mol. The fourth-order valence-corrected chi connectivity index (χ4v) is 3.97. The van der Waals surface area contributed by atoms with Gasteiger partial charge in [-0.25, -0.2) is 0 Å². The molecule has 0 bridgehead atoms. The van der Waals surface area contributed by atoms with Crippen LogP contribution in [-0.4, -0.2) is 64.5 Å². The molecule has 1 N–H and O–H groups in total. The van der Waals surface area contributed by atoms with Crippen LogP contribution in [0.15, 0.2) is 52.9 Å². The van der Waals surface area contributed by atoms with E-state index in [1.807, 2.05) is 67.3 Å². The van der Waals surface area contributed by atoms with Crippen LogP contribution in [-0.2, 0) is 16.0 Å². The highest BCUT2D eigenvalue weighted by molar-refractivity contribution is 5.93. The van der Waals surface area contributed by atoms with Crippen LogP contribution in [0.5, 0.6) is 0 Å². The number of rotatable bonds is 7. The minimum Gasteiger partial charge on any atom is -0.421 e. The lowest BCUT2D eigenvalue weighted by molar-refractivity contribution is -0.133. The zero-order valence-electron chi connectivity index (χ0n) is 19.1. The molecule has 8 heteroatoms. The Bertz CT molecular complexity index is 1080. The molecule has 2 heterocycles. The number of carbonyl (C=O) groups is 2. The molecule has 0 unspecified atom stereocenters. The zero-order chi connectivity index (χ0) is 23.2. The highest BCUT2D eigenvalue weighted by atomic mass is 16.4. The lowest BCUT2D eigenvalue weighted by atomic mass is 10.1. The van der Waals surface area contributed by atoms with Crippen molar-refractivity contribution in [3.8, 4) is 11.5 Å². The molecule has 8 nitrogen and oxygen atoms in total. The number of amides is 2. The Morgan fingerprint density at radius 3 is 2.33 bits per heavy atom. The van der Waals surface area contributed by atoms with Gasteiger partial charge in [0, 0.05) is 50.3 Å². The minimum absolute atomic E-state index is 0.0298. The number of nitrogens with zero attached hydrogens (tertiary/aromatic N) is 4. The van der Waals surface area contributed by atoms with Crippen molar-refractivity contribution in [2.45, 2.75) is 26.7 Å². The Morgan fingerprint density at radius 1 is 0.939 bits per heavy atom. The number of piperazine rings is 1. The van der Waals surface area contributed by atoms with Crippen LogP contribution in [0.2, 0.25) is 0 Å². The lowest BCUT2D eigenvalue weighted by Gasteiger charge is -2.34. The van der Waals surface area contributed by atoms with E-state index >= 15 is 0 Å². The van der Waals surface area contributed by atoms with E-state index in [0.717, 1.165) is 22.4 Å². The van der Waals surface area contributed by atoms with Crippen molar-refractivity contribution in [1.82, 2.24) is 20.0 Å². The molecule has 1 saturated heterocycles. The van der Waals surface area contributed by atoms with E-state index in [2.05, 4.69) is 20.4 Å². The number of nitrogens with one attached hydrogen (secondary N) is 1. The van der Waals surface area contributed by atoms with Gasteiger partial charge in [0.25, 0.3) is 0 Å². The lowest BCUT2D eigenvalue weighted by Crippen LogP contribution is -2.50. The number of para-hydroxylation sites is 1. The smallest absolute Gasteiger partial charge is 0.247 e. The van der Waals surface area contributed by atoms with E-state index in [1.54, 1.807) is 0 Å². The topological polar surface area (TPSA) is 91.6 Å². The first-order valence-corrected chi connectivity index (χ1v) is 11.2. The fraction of sp³-hybridized carbons (Fsp3) is 0.360. The molecule has 0 radical (unpaired) electrons. The van der Waals surface area contributed by atoms with Crippen LogP contribution >= 0.6 is 0 Å². The minimum atomic E-state index is -0.0298. The summed E-state index contributed by atoms with van der Waals surface area (Å²) < 4.78 is 5.69. The van der Waals surface area contributed by atoms with E-state index in [4.69, 9.17) is 4.42 Å². The quantitative estimate of drug-likeness (QED) is 0.599. The molecule has 33 heavy (non-hydrogen) atoms. The summed E-state index contributed by atoms with van der Waals surface area (Å²) in [5.41, 5.74) is 3.85. The first kappa shape index (κ1) is 22.7. The second-order valence-corrected chi connectivity index (χ2v) is 8.34. The van der Waals surface area contributed by atoms with Gasteiger partial charge in [-0.3, -0.25) is 14.5 Å². The number of aryl methyl sites for hydroxylation is 3. The largest absolute Gasteiger partial charge is 0.421 e. The Morgan fingerprint density at radius 2 is 1.64 bits per heavy atom. The number of aromatic nitrogens is 2. The summed E-state index contributed by atoms with van der Waals surface area (Å²) >= 11 is 0. The average Bonchev–Trinajstić information content (AvgIpc) is 3.30. The van der Waals surface area contributed by atoms with Crippen molar-refractivity contribution >= 4 is 17.5 Å². The standard InChI is InChI=1S/C25H29N5O3/c1-18-7-6-8-19(2)24(18)26-21(31)17-29-13-15-30(16-14-29)23(32)12-11-22-27-28-25(33-22)20-9-4-3-5-10-20/h3-10H,11-17H2,1-2H3,(H,26,31). The number of anilines is 1. The van der Waals surface area contributed by atoms with Gasteiger partial charge in [-0.15, -0.1) is 10.2 Å². The van der Waals surface area contributed by atoms with E-state index in [9.17, 15) is 9.59 Å². The molecular weight excluding hydrogens is 418 g/mol. The second kappa shape index (κ2) is 10.4. The van der Waals surface area contributed by atoms with Crippen molar-refractivity contribution in [3.63, 3.8) is 0 Å². The van der Waals surface area contributed by atoms with Gasteiger partial charge in [0.05, 0.1) is 6.54 Å². The maximum absolute atomic E-state index is 12.6. The summed E-state index contributed by atoms with van der Waals surface area (Å²) in [6.45, 7) is 6.85. The molecule has 0 atom stereocenters. The molecule has 0 saturated carbocycles. The summed E-state index contributed by atoms with van der Waals surface area (Å²) in [5, 5.41) is 11.2. The molecule has 1 fully saturated rings. The van der Waals surface area contributed by atoms with Gasteiger partial charge in [0.1, 0.15) is 0 Å². The van der Waals surface area contributed by atoms with Crippen molar-refractivity contribution < 1.29 is 14.0 Å². The summed E-state index contributed by atoms with van der Waals surface area (Å²) in [7, 11) is 0. The van der Waals surface area contributed by atoms with Crippen LogP contribution in [0.4, 0.5) is 5.69 Å². The van der Waals surface area contributed by atoms with Crippen molar-refractivity contribution in [2.75, 3.05) is 38.0 Å². The zero-order valence-corrected chi connectivity index (χ0v) is 19.1. The Labute approximate surface area is 193 Å². The van der Waals surface area contributed by atoms with E-state index in [0.29, 0.717) is 57.3 Å². The molecule has 0 spiro atoms. The maximum atomic E-state index is 12.6. The Kier molecular flexibility index (Phi) is 7.14. The predicted octanol–water partition coefficient (Wildman–Crippen LogP) is 3.07. The van der Waals surface area contributed by atoms with Gasteiger partial charge in [-0.1, -0.05) is 36.4 Å². The third kappa shape index (κ3) is 5.84. The van der Waals surface area contributed by atoms with E-state index in [1.165, 1.54) is 0 Å². The molecule has 0 aliphatic carbocycles.